The van der Waals surface area contributed by atoms with Gasteiger partial charge in [0.05, 0.1) is 30.6 Å². The zero-order valence-corrected chi connectivity index (χ0v) is 17.7. The van der Waals surface area contributed by atoms with E-state index in [2.05, 4.69) is 15.5 Å². The lowest BCUT2D eigenvalue weighted by Crippen LogP contribution is -2.37. The van der Waals surface area contributed by atoms with Gasteiger partial charge in [-0.3, -0.25) is 19.8 Å². The van der Waals surface area contributed by atoms with Crippen molar-refractivity contribution in [1.29, 1.82) is 0 Å². The Kier molecular flexibility index (Phi) is 5.09. The Morgan fingerprint density at radius 2 is 1.85 bits per heavy atom. The average molecular weight is 444 g/mol. The first kappa shape index (κ1) is 20.4. The number of hydrogen-bond acceptors (Lipinski definition) is 6. The van der Waals surface area contributed by atoms with Crippen molar-refractivity contribution in [3.8, 4) is 11.4 Å². The number of para-hydroxylation sites is 3. The van der Waals surface area contributed by atoms with Gasteiger partial charge in [0.15, 0.2) is 5.65 Å². The van der Waals surface area contributed by atoms with Gasteiger partial charge in [-0.05, 0) is 24.3 Å². The molecule has 166 valence electrons. The van der Waals surface area contributed by atoms with Gasteiger partial charge in [-0.2, -0.15) is 5.10 Å². The second kappa shape index (κ2) is 8.23. The Morgan fingerprint density at radius 1 is 1.09 bits per heavy atom. The van der Waals surface area contributed by atoms with E-state index < -0.39 is 17.4 Å². The van der Waals surface area contributed by atoms with Gasteiger partial charge in [0.1, 0.15) is 17.5 Å². The second-order valence-electron chi connectivity index (χ2n) is 7.60. The molecule has 3 heterocycles. The van der Waals surface area contributed by atoms with Crippen LogP contribution in [-0.2, 0) is 9.59 Å². The highest BCUT2D eigenvalue weighted by molar-refractivity contribution is 6.02. The first-order valence-corrected chi connectivity index (χ1v) is 10.3. The van der Waals surface area contributed by atoms with E-state index in [4.69, 9.17) is 4.74 Å². The Bertz CT molecular complexity index is 1410. The van der Waals surface area contributed by atoms with Crippen molar-refractivity contribution in [1.82, 2.24) is 19.4 Å². The van der Waals surface area contributed by atoms with Crippen LogP contribution in [0.2, 0.25) is 0 Å². The molecule has 2 aromatic carbocycles. The molecule has 1 saturated heterocycles. The van der Waals surface area contributed by atoms with Crippen LogP contribution in [0.5, 0.6) is 5.75 Å². The Morgan fingerprint density at radius 3 is 2.64 bits per heavy atom. The Labute approximate surface area is 188 Å². The summed E-state index contributed by atoms with van der Waals surface area (Å²) in [7, 11) is 1.53. The first-order chi connectivity index (χ1) is 16.1. The first-order valence-electron chi connectivity index (χ1n) is 10.3. The number of benzene rings is 2. The number of carbonyl (C=O) groups excluding carboxylic acids is 2. The number of ether oxygens (including phenoxy) is 1. The van der Waals surface area contributed by atoms with Gasteiger partial charge >= 0.3 is 0 Å². The van der Waals surface area contributed by atoms with E-state index in [1.54, 1.807) is 22.9 Å². The van der Waals surface area contributed by atoms with Gasteiger partial charge in [-0.1, -0.05) is 30.3 Å². The highest BCUT2D eigenvalue weighted by Gasteiger charge is 2.36. The zero-order valence-electron chi connectivity index (χ0n) is 17.7. The SMILES string of the molecule is COc1ccccc1N1CC(C(=O)Nn2cnc3c(cnn3-c3ccccc3)c2=O)CC1=O. The quantitative estimate of drug-likeness (QED) is 0.502. The number of hydrogen-bond donors (Lipinski definition) is 1. The van der Waals surface area contributed by atoms with E-state index in [0.29, 0.717) is 17.1 Å². The van der Waals surface area contributed by atoms with Crippen molar-refractivity contribution >= 4 is 28.5 Å². The molecule has 4 aromatic rings. The third-order valence-corrected chi connectivity index (χ3v) is 5.59. The minimum absolute atomic E-state index is 0.0280. The minimum Gasteiger partial charge on any atom is -0.495 e. The molecule has 0 saturated carbocycles. The van der Waals surface area contributed by atoms with Gasteiger partial charge in [0.2, 0.25) is 11.8 Å². The zero-order chi connectivity index (χ0) is 22.9. The van der Waals surface area contributed by atoms with Crippen molar-refractivity contribution in [2.24, 2.45) is 5.92 Å². The fraction of sp³-hybridized carbons (Fsp3) is 0.174. The fourth-order valence-corrected chi connectivity index (χ4v) is 3.93. The van der Waals surface area contributed by atoms with Crippen molar-refractivity contribution in [3.05, 3.63) is 77.5 Å². The van der Waals surface area contributed by atoms with Crippen molar-refractivity contribution in [2.45, 2.75) is 6.42 Å². The number of nitrogens with one attached hydrogen (secondary N) is 1. The molecule has 10 heteroatoms. The van der Waals surface area contributed by atoms with Crippen LogP contribution in [0.4, 0.5) is 5.69 Å². The van der Waals surface area contributed by atoms with Crippen LogP contribution < -0.4 is 20.6 Å². The summed E-state index contributed by atoms with van der Waals surface area (Å²) in [5.74, 6) is -0.714. The lowest BCUT2D eigenvalue weighted by molar-refractivity contribution is -0.123. The third kappa shape index (κ3) is 3.61. The summed E-state index contributed by atoms with van der Waals surface area (Å²) in [6, 6.07) is 16.4. The van der Waals surface area contributed by atoms with Crippen LogP contribution in [-0.4, -0.2) is 44.9 Å². The summed E-state index contributed by atoms with van der Waals surface area (Å²) in [6.45, 7) is 0.182. The predicted molar refractivity (Wildman–Crippen MR) is 121 cm³/mol. The van der Waals surface area contributed by atoms with E-state index in [1.807, 2.05) is 36.4 Å². The number of carbonyl (C=O) groups is 2. The maximum Gasteiger partial charge on any atom is 0.283 e. The van der Waals surface area contributed by atoms with Crippen LogP contribution in [0.1, 0.15) is 6.42 Å². The monoisotopic (exact) mass is 444 g/mol. The molecule has 1 N–H and O–H groups in total. The molecule has 0 aliphatic carbocycles. The molecule has 2 aromatic heterocycles. The van der Waals surface area contributed by atoms with Crippen molar-refractivity contribution < 1.29 is 14.3 Å². The molecule has 1 aliphatic heterocycles. The lowest BCUT2D eigenvalue weighted by Gasteiger charge is -2.19. The minimum atomic E-state index is -0.628. The van der Waals surface area contributed by atoms with Gasteiger partial charge in [0.25, 0.3) is 5.56 Å². The summed E-state index contributed by atoms with van der Waals surface area (Å²) in [4.78, 5) is 44.2. The highest BCUT2D eigenvalue weighted by Crippen LogP contribution is 2.32. The van der Waals surface area contributed by atoms with E-state index >= 15 is 0 Å². The lowest BCUT2D eigenvalue weighted by atomic mass is 10.1. The number of methoxy groups -OCH3 is 1. The molecule has 1 fully saturated rings. The van der Waals surface area contributed by atoms with E-state index in [-0.39, 0.29) is 24.3 Å². The summed E-state index contributed by atoms with van der Waals surface area (Å²) >= 11 is 0. The molecule has 0 spiro atoms. The molecular weight excluding hydrogens is 424 g/mol. The van der Waals surface area contributed by atoms with Gasteiger partial charge in [0, 0.05) is 13.0 Å². The molecule has 33 heavy (non-hydrogen) atoms. The number of amides is 2. The van der Waals surface area contributed by atoms with Crippen LogP contribution in [0.3, 0.4) is 0 Å². The number of fused-ring (bicyclic) bond motifs is 1. The topological polar surface area (TPSA) is 111 Å². The van der Waals surface area contributed by atoms with Crippen LogP contribution >= 0.6 is 0 Å². The maximum absolute atomic E-state index is 12.9. The van der Waals surface area contributed by atoms with E-state index in [0.717, 1.165) is 10.4 Å². The molecular formula is C23H20N6O4. The maximum atomic E-state index is 12.9. The average Bonchev–Trinajstić information content (AvgIpc) is 3.45. The summed E-state index contributed by atoms with van der Waals surface area (Å²) < 4.78 is 7.92. The molecule has 2 amide bonds. The second-order valence-corrected chi connectivity index (χ2v) is 7.60. The molecule has 1 unspecified atom stereocenters. The smallest absolute Gasteiger partial charge is 0.283 e. The number of anilines is 1. The molecule has 10 nitrogen and oxygen atoms in total. The molecule has 1 atom stereocenters. The van der Waals surface area contributed by atoms with Crippen LogP contribution in [0.25, 0.3) is 16.7 Å². The van der Waals surface area contributed by atoms with Crippen molar-refractivity contribution in [2.75, 3.05) is 24.0 Å². The molecule has 5 rings (SSSR count). The summed E-state index contributed by atoms with van der Waals surface area (Å²) in [5, 5.41) is 4.52. The molecule has 0 radical (unpaired) electrons. The normalized spacial score (nSPS) is 15.7. The van der Waals surface area contributed by atoms with E-state index in [9.17, 15) is 14.4 Å². The van der Waals surface area contributed by atoms with Crippen LogP contribution in [0.15, 0.2) is 71.9 Å². The number of aromatic nitrogens is 4. The number of rotatable bonds is 5. The molecule has 0 bridgehead atoms. The predicted octanol–water partition coefficient (Wildman–Crippen LogP) is 1.71. The standard InChI is InChI=1S/C23H20N6O4/c1-33-19-10-6-5-9-18(19)27-13-15(11-20(27)30)22(31)26-28-14-24-21-17(23(28)32)12-25-29(21)16-7-3-2-4-8-16/h2-10,12,14-15H,11,13H2,1H3,(H,26,31). The van der Waals surface area contributed by atoms with E-state index in [1.165, 1.54) is 24.5 Å². The Hall–Kier alpha value is -4.47. The summed E-state index contributed by atoms with van der Waals surface area (Å²) in [5.41, 5.74) is 3.87. The highest BCUT2D eigenvalue weighted by atomic mass is 16.5. The number of nitrogens with zero attached hydrogens (tertiary/aromatic N) is 5. The van der Waals surface area contributed by atoms with Crippen molar-refractivity contribution in [3.63, 3.8) is 0 Å². The van der Waals surface area contributed by atoms with Gasteiger partial charge in [-0.15, -0.1) is 0 Å². The molecule has 1 aliphatic rings. The van der Waals surface area contributed by atoms with Gasteiger partial charge < -0.3 is 9.64 Å². The summed E-state index contributed by atoms with van der Waals surface area (Å²) in [6.07, 6.45) is 2.70. The fourth-order valence-electron chi connectivity index (χ4n) is 3.93. The largest absolute Gasteiger partial charge is 0.495 e. The van der Waals surface area contributed by atoms with Gasteiger partial charge in [-0.25, -0.2) is 14.3 Å². The Balaban J connectivity index is 1.37. The third-order valence-electron chi connectivity index (χ3n) is 5.59. The van der Waals surface area contributed by atoms with Crippen LogP contribution in [0, 0.1) is 5.92 Å².